The number of fused-ring (bicyclic) bond motifs is 1. The second-order valence-corrected chi connectivity index (χ2v) is 3.05. The van der Waals surface area contributed by atoms with E-state index in [-0.39, 0.29) is 12.4 Å². The molecule has 2 nitrogen and oxygen atoms in total. The minimum absolute atomic E-state index is 0. The first-order valence-electron chi connectivity index (χ1n) is 3.88. The molecule has 1 aliphatic rings. The Kier molecular flexibility index (Phi) is 2.73. The maximum atomic E-state index is 5.76. The van der Waals surface area contributed by atoms with E-state index in [2.05, 4.69) is 31.2 Å². The molecule has 0 fully saturated rings. The van der Waals surface area contributed by atoms with Gasteiger partial charge in [0.05, 0.1) is 0 Å². The predicted octanol–water partition coefficient (Wildman–Crippen LogP) is 1.86. The first kappa shape index (κ1) is 9.52. The molecular formula is C9H13ClN2. The van der Waals surface area contributed by atoms with Gasteiger partial charge in [0.15, 0.2) is 0 Å². The number of nitrogens with two attached hydrogens (primary N) is 1. The molecule has 0 aromatic heterocycles. The van der Waals surface area contributed by atoms with Crippen LogP contribution in [0.4, 0.5) is 0 Å². The lowest BCUT2D eigenvalue weighted by atomic mass is 10.1. The van der Waals surface area contributed by atoms with Crippen LogP contribution in [0.5, 0.6) is 0 Å². The zero-order chi connectivity index (χ0) is 7.84. The molecule has 1 aliphatic heterocycles. The summed E-state index contributed by atoms with van der Waals surface area (Å²) in [5.41, 5.74) is 2.73. The number of halogens is 1. The molecule has 1 heterocycles. The summed E-state index contributed by atoms with van der Waals surface area (Å²) in [6.45, 7) is 3.02. The maximum absolute atomic E-state index is 5.76. The summed E-state index contributed by atoms with van der Waals surface area (Å²) < 4.78 is 0. The van der Waals surface area contributed by atoms with E-state index in [1.165, 1.54) is 11.1 Å². The molecule has 0 spiro atoms. The van der Waals surface area contributed by atoms with Crippen molar-refractivity contribution < 1.29 is 0 Å². The van der Waals surface area contributed by atoms with E-state index < -0.39 is 0 Å². The van der Waals surface area contributed by atoms with Crippen LogP contribution in [-0.4, -0.2) is 5.01 Å². The lowest BCUT2D eigenvalue weighted by molar-refractivity contribution is 0.236. The van der Waals surface area contributed by atoms with Crippen LogP contribution in [0.1, 0.15) is 24.1 Å². The second kappa shape index (κ2) is 3.44. The fourth-order valence-electron chi connectivity index (χ4n) is 1.60. The Morgan fingerprint density at radius 3 is 2.75 bits per heavy atom. The molecule has 0 saturated heterocycles. The van der Waals surface area contributed by atoms with Gasteiger partial charge >= 0.3 is 0 Å². The van der Waals surface area contributed by atoms with Crippen molar-refractivity contribution in [2.24, 2.45) is 5.84 Å². The highest BCUT2D eigenvalue weighted by Crippen LogP contribution is 2.29. The molecule has 1 aromatic carbocycles. The van der Waals surface area contributed by atoms with E-state index in [0.29, 0.717) is 6.04 Å². The number of hydrogen-bond donors (Lipinski definition) is 1. The number of nitrogens with zero attached hydrogens (tertiary/aromatic N) is 1. The largest absolute Gasteiger partial charge is 0.268 e. The van der Waals surface area contributed by atoms with Gasteiger partial charge in [-0.1, -0.05) is 24.3 Å². The number of hydrogen-bond acceptors (Lipinski definition) is 2. The van der Waals surface area contributed by atoms with Gasteiger partial charge in [-0.05, 0) is 18.1 Å². The van der Waals surface area contributed by atoms with Crippen molar-refractivity contribution in [2.75, 3.05) is 0 Å². The highest BCUT2D eigenvalue weighted by Gasteiger charge is 2.22. The first-order valence-corrected chi connectivity index (χ1v) is 3.88. The molecule has 1 unspecified atom stereocenters. The monoisotopic (exact) mass is 184 g/mol. The minimum Gasteiger partial charge on any atom is -0.268 e. The summed E-state index contributed by atoms with van der Waals surface area (Å²) in [6.07, 6.45) is 0. The summed E-state index contributed by atoms with van der Waals surface area (Å²) in [5.74, 6) is 5.76. The van der Waals surface area contributed by atoms with E-state index in [9.17, 15) is 0 Å². The van der Waals surface area contributed by atoms with Crippen LogP contribution in [0.3, 0.4) is 0 Å². The molecule has 2 rings (SSSR count). The number of benzene rings is 1. The van der Waals surface area contributed by atoms with Gasteiger partial charge in [0.2, 0.25) is 0 Å². The van der Waals surface area contributed by atoms with Crippen molar-refractivity contribution in [3.05, 3.63) is 35.4 Å². The van der Waals surface area contributed by atoms with Gasteiger partial charge in [-0.15, -0.1) is 12.4 Å². The molecule has 0 aliphatic carbocycles. The highest BCUT2D eigenvalue weighted by atomic mass is 35.5. The number of rotatable bonds is 0. The Morgan fingerprint density at radius 1 is 1.42 bits per heavy atom. The Hall–Kier alpha value is -0.570. The van der Waals surface area contributed by atoms with Crippen LogP contribution >= 0.6 is 12.4 Å². The summed E-state index contributed by atoms with van der Waals surface area (Å²) in [5, 5.41) is 1.87. The molecule has 1 aromatic rings. The first-order chi connectivity index (χ1) is 5.29. The zero-order valence-corrected chi connectivity index (χ0v) is 7.84. The van der Waals surface area contributed by atoms with Crippen molar-refractivity contribution in [1.29, 1.82) is 0 Å². The van der Waals surface area contributed by atoms with Crippen molar-refractivity contribution in [2.45, 2.75) is 19.5 Å². The van der Waals surface area contributed by atoms with Crippen molar-refractivity contribution in [3.8, 4) is 0 Å². The van der Waals surface area contributed by atoms with E-state index in [1.807, 2.05) is 5.01 Å². The quantitative estimate of drug-likeness (QED) is 0.624. The van der Waals surface area contributed by atoms with Gasteiger partial charge in [0.1, 0.15) is 0 Å². The summed E-state index contributed by atoms with van der Waals surface area (Å²) in [7, 11) is 0. The van der Waals surface area contributed by atoms with Crippen LogP contribution in [0.15, 0.2) is 24.3 Å². The van der Waals surface area contributed by atoms with Gasteiger partial charge in [-0.2, -0.15) is 0 Å². The van der Waals surface area contributed by atoms with Crippen LogP contribution in [0.2, 0.25) is 0 Å². The second-order valence-electron chi connectivity index (χ2n) is 3.05. The molecule has 3 heteroatoms. The third-order valence-electron chi connectivity index (χ3n) is 2.36. The van der Waals surface area contributed by atoms with Gasteiger partial charge in [-0.25, -0.2) is 5.01 Å². The topological polar surface area (TPSA) is 29.3 Å². The van der Waals surface area contributed by atoms with E-state index in [0.717, 1.165) is 6.54 Å². The molecular weight excluding hydrogens is 172 g/mol. The van der Waals surface area contributed by atoms with Crippen molar-refractivity contribution in [1.82, 2.24) is 5.01 Å². The molecule has 0 bridgehead atoms. The highest BCUT2D eigenvalue weighted by molar-refractivity contribution is 5.85. The normalized spacial score (nSPS) is 21.7. The van der Waals surface area contributed by atoms with Gasteiger partial charge in [-0.3, -0.25) is 5.84 Å². The Balaban J connectivity index is 0.000000720. The average Bonchev–Trinajstić information content (AvgIpc) is 2.30. The van der Waals surface area contributed by atoms with Crippen LogP contribution in [0, 0.1) is 0 Å². The fourth-order valence-corrected chi connectivity index (χ4v) is 1.60. The Labute approximate surface area is 78.7 Å². The number of hydrazine groups is 1. The molecule has 0 radical (unpaired) electrons. The Bertz CT molecular complexity index is 275. The molecule has 0 amide bonds. The smallest absolute Gasteiger partial charge is 0.0469 e. The molecule has 66 valence electrons. The van der Waals surface area contributed by atoms with E-state index in [1.54, 1.807) is 0 Å². The van der Waals surface area contributed by atoms with Gasteiger partial charge in [0, 0.05) is 12.6 Å². The standard InChI is InChI=1S/C9H12N2.ClH/c1-7-9-5-3-2-4-8(9)6-11(7)10;/h2-5,7H,6,10H2,1H3;1H. The third kappa shape index (κ3) is 1.33. The minimum atomic E-state index is 0. The van der Waals surface area contributed by atoms with E-state index in [4.69, 9.17) is 5.84 Å². The molecule has 0 saturated carbocycles. The molecule has 12 heavy (non-hydrogen) atoms. The van der Waals surface area contributed by atoms with E-state index >= 15 is 0 Å². The fraction of sp³-hybridized carbons (Fsp3) is 0.333. The SMILES string of the molecule is CC1c2ccccc2CN1N.Cl. The van der Waals surface area contributed by atoms with Gasteiger partial charge < -0.3 is 0 Å². The molecule has 1 atom stereocenters. The lowest BCUT2D eigenvalue weighted by Crippen LogP contribution is -2.27. The lowest BCUT2D eigenvalue weighted by Gasteiger charge is -2.13. The zero-order valence-electron chi connectivity index (χ0n) is 7.03. The average molecular weight is 185 g/mol. The Morgan fingerprint density at radius 2 is 2.08 bits per heavy atom. The van der Waals surface area contributed by atoms with Gasteiger partial charge in [0.25, 0.3) is 0 Å². The van der Waals surface area contributed by atoms with Crippen molar-refractivity contribution in [3.63, 3.8) is 0 Å². The van der Waals surface area contributed by atoms with Crippen LogP contribution in [0.25, 0.3) is 0 Å². The predicted molar refractivity (Wildman–Crippen MR) is 51.8 cm³/mol. The third-order valence-corrected chi connectivity index (χ3v) is 2.36. The summed E-state index contributed by atoms with van der Waals surface area (Å²) in [4.78, 5) is 0. The summed E-state index contributed by atoms with van der Waals surface area (Å²) in [6, 6.07) is 8.79. The molecule has 2 N–H and O–H groups in total. The summed E-state index contributed by atoms with van der Waals surface area (Å²) >= 11 is 0. The van der Waals surface area contributed by atoms with Crippen molar-refractivity contribution >= 4 is 12.4 Å². The van der Waals surface area contributed by atoms with Crippen LogP contribution < -0.4 is 5.84 Å². The van der Waals surface area contributed by atoms with Crippen LogP contribution in [-0.2, 0) is 6.54 Å². The maximum Gasteiger partial charge on any atom is 0.0469 e.